The second-order valence-corrected chi connectivity index (χ2v) is 4.59. The van der Waals surface area contributed by atoms with E-state index in [1.807, 2.05) is 18.2 Å². The fourth-order valence-electron chi connectivity index (χ4n) is 2.36. The minimum Gasteiger partial charge on any atom is -0.329 e. The number of imide groups is 1. The van der Waals surface area contributed by atoms with Gasteiger partial charge in [0.1, 0.15) is 0 Å². The molecule has 3 rings (SSSR count). The Labute approximate surface area is 105 Å². The molecule has 0 unspecified atom stereocenters. The number of nitrogens with one attached hydrogen (secondary N) is 1. The van der Waals surface area contributed by atoms with Crippen LogP contribution in [0, 0.1) is 0 Å². The number of amides is 3. The molecule has 0 aromatic carbocycles. The SMILES string of the molecule is O=C1CNC(=O)N1C1CN(Cc2ccccn2)C1. The fraction of sp³-hybridized carbons (Fsp3) is 0.417. The lowest BCUT2D eigenvalue weighted by Crippen LogP contribution is -2.60. The molecule has 1 N–H and O–H groups in total. The Morgan fingerprint density at radius 3 is 2.78 bits per heavy atom. The second-order valence-electron chi connectivity index (χ2n) is 4.59. The smallest absolute Gasteiger partial charge is 0.324 e. The zero-order chi connectivity index (χ0) is 12.5. The van der Waals surface area contributed by atoms with E-state index in [1.54, 1.807) is 6.20 Å². The predicted molar refractivity (Wildman–Crippen MR) is 63.5 cm³/mol. The van der Waals surface area contributed by atoms with Crippen molar-refractivity contribution in [3.05, 3.63) is 30.1 Å². The zero-order valence-corrected chi connectivity index (χ0v) is 9.87. The van der Waals surface area contributed by atoms with Gasteiger partial charge in [-0.15, -0.1) is 0 Å². The molecule has 1 aromatic heterocycles. The minimum atomic E-state index is -0.262. The summed E-state index contributed by atoms with van der Waals surface area (Å²) < 4.78 is 0. The first-order chi connectivity index (χ1) is 8.74. The average molecular weight is 246 g/mol. The molecule has 0 atom stereocenters. The van der Waals surface area contributed by atoms with Gasteiger partial charge in [-0.3, -0.25) is 19.6 Å². The van der Waals surface area contributed by atoms with E-state index >= 15 is 0 Å². The van der Waals surface area contributed by atoms with E-state index in [2.05, 4.69) is 15.2 Å². The molecule has 0 radical (unpaired) electrons. The number of pyridine rings is 1. The van der Waals surface area contributed by atoms with Gasteiger partial charge in [0.15, 0.2) is 0 Å². The Hall–Kier alpha value is -1.95. The van der Waals surface area contributed by atoms with Crippen LogP contribution in [-0.4, -0.2) is 52.4 Å². The van der Waals surface area contributed by atoms with Crippen LogP contribution in [0.2, 0.25) is 0 Å². The Bertz CT molecular complexity index is 454. The van der Waals surface area contributed by atoms with Gasteiger partial charge in [0.25, 0.3) is 0 Å². The molecule has 3 amide bonds. The van der Waals surface area contributed by atoms with Crippen LogP contribution in [-0.2, 0) is 11.3 Å². The van der Waals surface area contributed by atoms with Gasteiger partial charge >= 0.3 is 6.03 Å². The highest BCUT2D eigenvalue weighted by atomic mass is 16.2. The summed E-state index contributed by atoms with van der Waals surface area (Å²) in [7, 11) is 0. The van der Waals surface area contributed by atoms with Crippen LogP contribution in [0.5, 0.6) is 0 Å². The summed E-state index contributed by atoms with van der Waals surface area (Å²) in [4.78, 5) is 30.7. The topological polar surface area (TPSA) is 65.5 Å². The molecule has 3 heterocycles. The molecule has 0 aliphatic carbocycles. The molecule has 94 valence electrons. The lowest BCUT2D eigenvalue weighted by Gasteiger charge is -2.42. The normalized spacial score (nSPS) is 21.0. The third-order valence-corrected chi connectivity index (χ3v) is 3.29. The number of nitrogens with zero attached hydrogens (tertiary/aromatic N) is 3. The van der Waals surface area contributed by atoms with Gasteiger partial charge in [-0.2, -0.15) is 0 Å². The summed E-state index contributed by atoms with van der Waals surface area (Å²) in [5, 5.41) is 2.54. The van der Waals surface area contributed by atoms with Crippen LogP contribution in [0.25, 0.3) is 0 Å². The van der Waals surface area contributed by atoms with E-state index in [0.29, 0.717) is 0 Å². The number of urea groups is 1. The van der Waals surface area contributed by atoms with Gasteiger partial charge < -0.3 is 5.32 Å². The van der Waals surface area contributed by atoms with Crippen LogP contribution in [0.4, 0.5) is 4.79 Å². The van der Waals surface area contributed by atoms with Crippen LogP contribution in [0.15, 0.2) is 24.4 Å². The Kier molecular flexibility index (Phi) is 2.71. The minimum absolute atomic E-state index is 0.0173. The Balaban J connectivity index is 1.54. The number of rotatable bonds is 3. The first kappa shape index (κ1) is 11.2. The monoisotopic (exact) mass is 246 g/mol. The second kappa shape index (κ2) is 4.38. The molecule has 2 saturated heterocycles. The maximum atomic E-state index is 11.5. The number of carbonyl (C=O) groups is 2. The van der Waals surface area contributed by atoms with Crippen LogP contribution in [0.3, 0.4) is 0 Å². The van der Waals surface area contributed by atoms with Gasteiger partial charge in [0.2, 0.25) is 5.91 Å². The van der Waals surface area contributed by atoms with Crippen LogP contribution < -0.4 is 5.32 Å². The van der Waals surface area contributed by atoms with Crippen molar-refractivity contribution in [1.29, 1.82) is 0 Å². The van der Waals surface area contributed by atoms with Crippen LogP contribution >= 0.6 is 0 Å². The highest BCUT2D eigenvalue weighted by Crippen LogP contribution is 2.19. The number of hydrogen-bond acceptors (Lipinski definition) is 4. The van der Waals surface area contributed by atoms with E-state index < -0.39 is 0 Å². The molecule has 0 bridgehead atoms. The summed E-state index contributed by atoms with van der Waals surface area (Å²) in [6, 6.07) is 5.57. The van der Waals surface area contributed by atoms with Crippen molar-refractivity contribution < 1.29 is 9.59 Å². The molecule has 1 aromatic rings. The van der Waals surface area contributed by atoms with E-state index in [9.17, 15) is 9.59 Å². The van der Waals surface area contributed by atoms with Gasteiger partial charge in [-0.1, -0.05) is 6.07 Å². The number of carbonyl (C=O) groups excluding carboxylic acids is 2. The van der Waals surface area contributed by atoms with E-state index in [-0.39, 0.29) is 24.5 Å². The average Bonchev–Trinajstić information content (AvgIpc) is 2.65. The van der Waals surface area contributed by atoms with Crippen molar-refractivity contribution in [1.82, 2.24) is 20.1 Å². The third-order valence-electron chi connectivity index (χ3n) is 3.29. The summed E-state index contributed by atoms with van der Waals surface area (Å²) in [5.74, 6) is -0.123. The first-order valence-corrected chi connectivity index (χ1v) is 5.96. The molecule has 0 saturated carbocycles. The van der Waals surface area contributed by atoms with Gasteiger partial charge in [-0.25, -0.2) is 4.79 Å². The first-order valence-electron chi connectivity index (χ1n) is 5.96. The fourth-order valence-corrected chi connectivity index (χ4v) is 2.36. The van der Waals surface area contributed by atoms with Gasteiger partial charge in [0.05, 0.1) is 18.3 Å². The molecule has 6 heteroatoms. The molecular weight excluding hydrogens is 232 g/mol. The molecule has 2 aliphatic rings. The Morgan fingerprint density at radius 1 is 1.33 bits per heavy atom. The quantitative estimate of drug-likeness (QED) is 0.751. The molecule has 18 heavy (non-hydrogen) atoms. The molecule has 2 fully saturated rings. The number of hydrogen-bond donors (Lipinski definition) is 1. The molecule has 6 nitrogen and oxygen atoms in total. The Morgan fingerprint density at radius 2 is 2.17 bits per heavy atom. The molecule has 0 spiro atoms. The summed E-state index contributed by atoms with van der Waals surface area (Å²) >= 11 is 0. The zero-order valence-electron chi connectivity index (χ0n) is 9.87. The van der Waals surface area contributed by atoms with Crippen molar-refractivity contribution in [2.75, 3.05) is 19.6 Å². The maximum absolute atomic E-state index is 11.5. The van der Waals surface area contributed by atoms with Crippen molar-refractivity contribution in [2.24, 2.45) is 0 Å². The number of aromatic nitrogens is 1. The van der Waals surface area contributed by atoms with Gasteiger partial charge in [0, 0.05) is 25.8 Å². The highest BCUT2D eigenvalue weighted by molar-refractivity contribution is 6.02. The predicted octanol–water partition coefficient (Wildman–Crippen LogP) is -0.182. The van der Waals surface area contributed by atoms with Crippen molar-refractivity contribution in [3.8, 4) is 0 Å². The van der Waals surface area contributed by atoms with Crippen molar-refractivity contribution in [2.45, 2.75) is 12.6 Å². The number of likely N-dealkylation sites (tertiary alicyclic amines) is 1. The van der Waals surface area contributed by atoms with Crippen molar-refractivity contribution in [3.63, 3.8) is 0 Å². The van der Waals surface area contributed by atoms with E-state index in [1.165, 1.54) is 4.90 Å². The van der Waals surface area contributed by atoms with E-state index in [4.69, 9.17) is 0 Å². The van der Waals surface area contributed by atoms with Crippen LogP contribution in [0.1, 0.15) is 5.69 Å². The van der Waals surface area contributed by atoms with Gasteiger partial charge in [-0.05, 0) is 12.1 Å². The lowest BCUT2D eigenvalue weighted by atomic mass is 10.1. The summed E-state index contributed by atoms with van der Waals surface area (Å²) in [6.07, 6.45) is 1.77. The largest absolute Gasteiger partial charge is 0.329 e. The van der Waals surface area contributed by atoms with Crippen molar-refractivity contribution >= 4 is 11.9 Å². The van der Waals surface area contributed by atoms with E-state index in [0.717, 1.165) is 25.3 Å². The maximum Gasteiger partial charge on any atom is 0.324 e. The molecule has 2 aliphatic heterocycles. The summed E-state index contributed by atoms with van der Waals surface area (Å²) in [6.45, 7) is 2.36. The standard InChI is InChI=1S/C12H14N4O2/c17-11-5-14-12(18)16(11)10-7-15(8-10)6-9-3-1-2-4-13-9/h1-4,10H,5-8H2,(H,14,18). The molecular formula is C12H14N4O2. The highest BCUT2D eigenvalue weighted by Gasteiger charge is 2.41. The third kappa shape index (κ3) is 1.95. The summed E-state index contributed by atoms with van der Waals surface area (Å²) in [5.41, 5.74) is 1.01. The lowest BCUT2D eigenvalue weighted by molar-refractivity contribution is -0.129.